The third kappa shape index (κ3) is 4.83. The molecule has 0 saturated carbocycles. The fourth-order valence-corrected chi connectivity index (χ4v) is 2.75. The van der Waals surface area contributed by atoms with Crippen LogP contribution >= 0.6 is 0 Å². The summed E-state index contributed by atoms with van der Waals surface area (Å²) in [5.41, 5.74) is 2.73. The van der Waals surface area contributed by atoms with E-state index in [1.54, 1.807) is 48.5 Å². The van der Waals surface area contributed by atoms with E-state index in [1.165, 1.54) is 0 Å². The van der Waals surface area contributed by atoms with Gasteiger partial charge in [-0.25, -0.2) is 0 Å². The largest absolute Gasteiger partial charge is 0.352 e. The van der Waals surface area contributed by atoms with E-state index in [2.05, 4.69) is 10.6 Å². The predicted molar refractivity (Wildman–Crippen MR) is 108 cm³/mol. The molecular formula is C23H19N3O2. The number of carbonyl (C=O) groups excluding carboxylic acids is 2. The molecule has 0 fully saturated rings. The summed E-state index contributed by atoms with van der Waals surface area (Å²) in [5, 5.41) is 14.7. The van der Waals surface area contributed by atoms with Crippen LogP contribution in [0.2, 0.25) is 0 Å². The van der Waals surface area contributed by atoms with Gasteiger partial charge in [0.05, 0.1) is 11.3 Å². The second-order valence-corrected chi connectivity index (χ2v) is 6.18. The van der Waals surface area contributed by atoms with E-state index in [0.29, 0.717) is 28.9 Å². The maximum Gasteiger partial charge on any atom is 0.255 e. The highest BCUT2D eigenvalue weighted by molar-refractivity contribution is 6.06. The third-order valence-corrected chi connectivity index (χ3v) is 4.22. The van der Waals surface area contributed by atoms with Crippen LogP contribution in [0.4, 0.5) is 5.69 Å². The zero-order valence-electron chi connectivity index (χ0n) is 15.2. The number of carbonyl (C=O) groups is 2. The summed E-state index contributed by atoms with van der Waals surface area (Å²) in [6.07, 6.45) is 0.734. The molecule has 0 radical (unpaired) electrons. The van der Waals surface area contributed by atoms with Gasteiger partial charge in [-0.05, 0) is 42.3 Å². The van der Waals surface area contributed by atoms with Crippen LogP contribution in [0, 0.1) is 11.3 Å². The molecule has 0 aromatic heterocycles. The summed E-state index contributed by atoms with van der Waals surface area (Å²) in [4.78, 5) is 24.9. The number of nitrogens with one attached hydrogen (secondary N) is 2. The number of nitriles is 1. The highest BCUT2D eigenvalue weighted by Gasteiger charge is 2.12. The van der Waals surface area contributed by atoms with Crippen LogP contribution in [0.3, 0.4) is 0 Å². The van der Waals surface area contributed by atoms with Gasteiger partial charge >= 0.3 is 0 Å². The fourth-order valence-electron chi connectivity index (χ4n) is 2.75. The smallest absolute Gasteiger partial charge is 0.255 e. The minimum atomic E-state index is -0.373. The van der Waals surface area contributed by atoms with E-state index < -0.39 is 0 Å². The second-order valence-electron chi connectivity index (χ2n) is 6.18. The molecular weight excluding hydrogens is 350 g/mol. The highest BCUT2D eigenvalue weighted by atomic mass is 16.2. The van der Waals surface area contributed by atoms with Crippen molar-refractivity contribution in [1.29, 1.82) is 5.26 Å². The molecule has 138 valence electrons. The quantitative estimate of drug-likeness (QED) is 0.694. The van der Waals surface area contributed by atoms with Gasteiger partial charge in [0.15, 0.2) is 0 Å². The van der Waals surface area contributed by atoms with E-state index in [9.17, 15) is 9.59 Å². The van der Waals surface area contributed by atoms with Gasteiger partial charge < -0.3 is 10.6 Å². The Kier molecular flexibility index (Phi) is 6.17. The van der Waals surface area contributed by atoms with Gasteiger partial charge in [0.1, 0.15) is 6.07 Å². The number of anilines is 1. The Bertz CT molecular complexity index is 1020. The first kappa shape index (κ1) is 18.9. The molecule has 0 aliphatic heterocycles. The van der Waals surface area contributed by atoms with Crippen LogP contribution in [0.15, 0.2) is 78.9 Å². The predicted octanol–water partition coefficient (Wildman–Crippen LogP) is 3.78. The lowest BCUT2D eigenvalue weighted by atomic mass is 10.1. The molecule has 28 heavy (non-hydrogen) atoms. The first-order chi connectivity index (χ1) is 13.7. The Labute approximate surface area is 163 Å². The summed E-state index contributed by atoms with van der Waals surface area (Å²) in [7, 11) is 0. The molecule has 0 atom stereocenters. The number of nitrogens with zero attached hydrogens (tertiary/aromatic N) is 1. The average molecular weight is 369 g/mol. The van der Waals surface area contributed by atoms with Gasteiger partial charge in [0, 0.05) is 17.7 Å². The SMILES string of the molecule is N#Cc1ccccc1NC(=O)c1cccc(C(=O)NCCc2ccccc2)c1. The van der Waals surface area contributed by atoms with Crippen molar-refractivity contribution in [3.8, 4) is 6.07 Å². The van der Waals surface area contributed by atoms with E-state index >= 15 is 0 Å². The van der Waals surface area contributed by atoms with Crippen molar-refractivity contribution in [1.82, 2.24) is 5.32 Å². The first-order valence-corrected chi connectivity index (χ1v) is 8.90. The van der Waals surface area contributed by atoms with Crippen molar-refractivity contribution in [2.45, 2.75) is 6.42 Å². The molecule has 0 aliphatic rings. The van der Waals surface area contributed by atoms with E-state index in [-0.39, 0.29) is 11.8 Å². The van der Waals surface area contributed by atoms with Crippen molar-refractivity contribution in [3.63, 3.8) is 0 Å². The monoisotopic (exact) mass is 369 g/mol. The standard InChI is InChI=1S/C23H19N3O2/c24-16-20-9-4-5-12-21(20)26-23(28)19-11-6-10-18(15-19)22(27)25-14-13-17-7-2-1-3-8-17/h1-12,15H,13-14H2,(H,25,27)(H,26,28). The molecule has 0 unspecified atom stereocenters. The summed E-state index contributed by atoms with van der Waals surface area (Å²) in [6.45, 7) is 0.509. The minimum Gasteiger partial charge on any atom is -0.352 e. The maximum atomic E-state index is 12.5. The van der Waals surface area contributed by atoms with Crippen molar-refractivity contribution in [3.05, 3.63) is 101 Å². The summed E-state index contributed by atoms with van der Waals surface area (Å²) >= 11 is 0. The van der Waals surface area contributed by atoms with Crippen LogP contribution in [0.1, 0.15) is 31.8 Å². The molecule has 3 rings (SSSR count). The Morgan fingerprint density at radius 2 is 1.50 bits per heavy atom. The minimum absolute atomic E-state index is 0.233. The van der Waals surface area contributed by atoms with Gasteiger partial charge in [0.25, 0.3) is 11.8 Å². The van der Waals surface area contributed by atoms with Gasteiger partial charge in [-0.2, -0.15) is 5.26 Å². The highest BCUT2D eigenvalue weighted by Crippen LogP contribution is 2.15. The van der Waals surface area contributed by atoms with Crippen LogP contribution in [-0.4, -0.2) is 18.4 Å². The van der Waals surface area contributed by atoms with E-state index in [0.717, 1.165) is 12.0 Å². The lowest BCUT2D eigenvalue weighted by Crippen LogP contribution is -2.26. The third-order valence-electron chi connectivity index (χ3n) is 4.22. The Morgan fingerprint density at radius 1 is 0.821 bits per heavy atom. The topological polar surface area (TPSA) is 82.0 Å². The van der Waals surface area contributed by atoms with Crippen LogP contribution < -0.4 is 10.6 Å². The number of hydrogen-bond acceptors (Lipinski definition) is 3. The summed E-state index contributed by atoms with van der Waals surface area (Å²) in [6, 6.07) is 25.2. The molecule has 0 aliphatic carbocycles. The van der Waals surface area contributed by atoms with Crippen molar-refractivity contribution in [2.24, 2.45) is 0 Å². The van der Waals surface area contributed by atoms with Gasteiger partial charge in [-0.1, -0.05) is 48.5 Å². The maximum absolute atomic E-state index is 12.5. The normalized spacial score (nSPS) is 9.96. The van der Waals surface area contributed by atoms with Gasteiger partial charge in [-0.3, -0.25) is 9.59 Å². The van der Waals surface area contributed by atoms with Gasteiger partial charge in [0.2, 0.25) is 0 Å². The Balaban J connectivity index is 1.63. The lowest BCUT2D eigenvalue weighted by Gasteiger charge is -2.09. The van der Waals surface area contributed by atoms with Crippen LogP contribution in [0.5, 0.6) is 0 Å². The fraction of sp³-hybridized carbons (Fsp3) is 0.0870. The summed E-state index contributed by atoms with van der Waals surface area (Å²) < 4.78 is 0. The molecule has 0 saturated heterocycles. The lowest BCUT2D eigenvalue weighted by molar-refractivity contribution is 0.0954. The molecule has 3 aromatic carbocycles. The number of amides is 2. The molecule has 5 heteroatoms. The van der Waals surface area contributed by atoms with E-state index in [4.69, 9.17) is 5.26 Å². The van der Waals surface area contributed by atoms with Crippen molar-refractivity contribution < 1.29 is 9.59 Å². The van der Waals surface area contributed by atoms with Crippen molar-refractivity contribution >= 4 is 17.5 Å². The molecule has 0 spiro atoms. The zero-order valence-corrected chi connectivity index (χ0v) is 15.2. The molecule has 3 aromatic rings. The average Bonchev–Trinajstić information content (AvgIpc) is 2.75. The molecule has 0 heterocycles. The molecule has 2 N–H and O–H groups in total. The molecule has 0 bridgehead atoms. The number of para-hydroxylation sites is 1. The second kappa shape index (κ2) is 9.15. The molecule has 2 amide bonds. The van der Waals surface area contributed by atoms with E-state index in [1.807, 2.05) is 36.4 Å². The molecule has 5 nitrogen and oxygen atoms in total. The summed E-state index contributed by atoms with van der Waals surface area (Å²) in [5.74, 6) is -0.607. The van der Waals surface area contributed by atoms with Crippen LogP contribution in [0.25, 0.3) is 0 Å². The number of benzene rings is 3. The van der Waals surface area contributed by atoms with Crippen LogP contribution in [-0.2, 0) is 6.42 Å². The van der Waals surface area contributed by atoms with Crippen molar-refractivity contribution in [2.75, 3.05) is 11.9 Å². The first-order valence-electron chi connectivity index (χ1n) is 8.90. The number of rotatable bonds is 6. The van der Waals surface area contributed by atoms with Gasteiger partial charge in [-0.15, -0.1) is 0 Å². The Hall–Kier alpha value is -3.91. The number of hydrogen-bond donors (Lipinski definition) is 2. The zero-order chi connectivity index (χ0) is 19.8. The Morgan fingerprint density at radius 3 is 2.25 bits per heavy atom.